The van der Waals surface area contributed by atoms with Crippen LogP contribution in [0.15, 0.2) is 29.6 Å². The number of nitrogens with one attached hydrogen (secondary N) is 1. The average Bonchev–Trinajstić information content (AvgIpc) is 2.92. The molecule has 0 aliphatic rings. The van der Waals surface area contributed by atoms with Gasteiger partial charge < -0.3 is 15.2 Å². The summed E-state index contributed by atoms with van der Waals surface area (Å²) >= 11 is 1.36. The van der Waals surface area contributed by atoms with Crippen molar-refractivity contribution in [1.29, 1.82) is 0 Å². The molecule has 0 unspecified atom stereocenters. The summed E-state index contributed by atoms with van der Waals surface area (Å²) in [4.78, 5) is 16.0. The van der Waals surface area contributed by atoms with Gasteiger partial charge in [-0.05, 0) is 12.1 Å². The van der Waals surface area contributed by atoms with E-state index in [0.717, 1.165) is 11.3 Å². The second-order valence-electron chi connectivity index (χ2n) is 4.26. The van der Waals surface area contributed by atoms with Crippen LogP contribution >= 0.6 is 11.3 Å². The van der Waals surface area contributed by atoms with Gasteiger partial charge in [0.1, 0.15) is 6.61 Å². The zero-order valence-electron chi connectivity index (χ0n) is 11.7. The zero-order chi connectivity index (χ0) is 15.1. The van der Waals surface area contributed by atoms with Crippen LogP contribution in [-0.4, -0.2) is 37.8 Å². The molecule has 1 aromatic heterocycles. The van der Waals surface area contributed by atoms with Crippen molar-refractivity contribution in [3.63, 3.8) is 0 Å². The number of rotatable bonds is 7. The molecule has 2 rings (SSSR count). The van der Waals surface area contributed by atoms with Crippen molar-refractivity contribution in [1.82, 2.24) is 4.98 Å². The highest BCUT2D eigenvalue weighted by molar-refractivity contribution is 7.14. The molecule has 0 spiro atoms. The number of hydrogen-bond donors (Lipinski definition) is 2. The zero-order valence-corrected chi connectivity index (χ0v) is 12.5. The number of carbonyl (C=O) groups is 1. The SMILES string of the molecule is COCCOCC(=O)Nc1nc(-c2cccc(N)c2)cs1. The molecule has 0 saturated carbocycles. The number of methoxy groups -OCH3 is 1. The van der Waals surface area contributed by atoms with E-state index in [1.54, 1.807) is 7.11 Å². The second kappa shape index (κ2) is 7.72. The molecule has 0 aliphatic carbocycles. The predicted octanol–water partition coefficient (Wildman–Crippen LogP) is 1.99. The van der Waals surface area contributed by atoms with E-state index in [-0.39, 0.29) is 12.5 Å². The number of nitrogen functional groups attached to an aromatic ring is 1. The minimum absolute atomic E-state index is 0.0173. The summed E-state index contributed by atoms with van der Waals surface area (Å²) < 4.78 is 9.97. The van der Waals surface area contributed by atoms with Gasteiger partial charge in [0.15, 0.2) is 5.13 Å². The fourth-order valence-corrected chi connectivity index (χ4v) is 2.36. The van der Waals surface area contributed by atoms with Gasteiger partial charge >= 0.3 is 0 Å². The first-order valence-electron chi connectivity index (χ1n) is 6.37. The quantitative estimate of drug-likeness (QED) is 0.603. The third-order valence-corrected chi connectivity index (χ3v) is 3.36. The molecule has 21 heavy (non-hydrogen) atoms. The number of aromatic nitrogens is 1. The van der Waals surface area contributed by atoms with Crippen molar-refractivity contribution >= 4 is 28.1 Å². The molecule has 7 heteroatoms. The van der Waals surface area contributed by atoms with Crippen LogP contribution in [0.2, 0.25) is 0 Å². The van der Waals surface area contributed by atoms with E-state index in [0.29, 0.717) is 24.0 Å². The molecule has 112 valence electrons. The summed E-state index contributed by atoms with van der Waals surface area (Å²) in [6.45, 7) is 0.830. The van der Waals surface area contributed by atoms with Gasteiger partial charge in [0.25, 0.3) is 5.91 Å². The fourth-order valence-electron chi connectivity index (χ4n) is 1.62. The van der Waals surface area contributed by atoms with Crippen molar-refractivity contribution in [2.24, 2.45) is 0 Å². The molecular weight excluding hydrogens is 290 g/mol. The van der Waals surface area contributed by atoms with Gasteiger partial charge in [0.05, 0.1) is 18.9 Å². The molecule has 0 atom stereocenters. The van der Waals surface area contributed by atoms with Crippen LogP contribution < -0.4 is 11.1 Å². The van der Waals surface area contributed by atoms with Crippen molar-refractivity contribution in [2.75, 3.05) is 38.0 Å². The lowest BCUT2D eigenvalue weighted by molar-refractivity contribution is -0.121. The first kappa shape index (κ1) is 15.4. The van der Waals surface area contributed by atoms with Crippen molar-refractivity contribution < 1.29 is 14.3 Å². The topological polar surface area (TPSA) is 86.5 Å². The number of amides is 1. The number of thiazole rings is 1. The van der Waals surface area contributed by atoms with Gasteiger partial charge in [-0.3, -0.25) is 10.1 Å². The Labute approximate surface area is 126 Å². The average molecular weight is 307 g/mol. The fraction of sp³-hybridized carbons (Fsp3) is 0.286. The maximum absolute atomic E-state index is 11.6. The maximum atomic E-state index is 11.6. The number of benzene rings is 1. The van der Waals surface area contributed by atoms with Crippen molar-refractivity contribution in [3.8, 4) is 11.3 Å². The third-order valence-electron chi connectivity index (χ3n) is 2.60. The Kier molecular flexibility index (Phi) is 5.68. The molecule has 1 aromatic carbocycles. The van der Waals surface area contributed by atoms with Crippen molar-refractivity contribution in [3.05, 3.63) is 29.6 Å². The lowest BCUT2D eigenvalue weighted by Gasteiger charge is -2.03. The standard InChI is InChI=1S/C14H17N3O3S/c1-19-5-6-20-8-13(18)17-14-16-12(9-21-14)10-3-2-4-11(15)7-10/h2-4,7,9H,5-6,8,15H2,1H3,(H,16,17,18). The molecule has 2 aromatic rings. The summed E-state index contributed by atoms with van der Waals surface area (Å²) in [6, 6.07) is 7.45. The molecule has 6 nitrogen and oxygen atoms in total. The molecular formula is C14H17N3O3S. The van der Waals surface area contributed by atoms with Gasteiger partial charge in [-0.15, -0.1) is 11.3 Å². The largest absolute Gasteiger partial charge is 0.399 e. The van der Waals surface area contributed by atoms with E-state index in [2.05, 4.69) is 10.3 Å². The monoisotopic (exact) mass is 307 g/mol. The number of carbonyl (C=O) groups excluding carboxylic acids is 1. The predicted molar refractivity (Wildman–Crippen MR) is 83.3 cm³/mol. The molecule has 0 saturated heterocycles. The van der Waals surface area contributed by atoms with Crippen LogP contribution in [0.5, 0.6) is 0 Å². The number of anilines is 2. The van der Waals surface area contributed by atoms with E-state index in [1.807, 2.05) is 29.6 Å². The Morgan fingerprint density at radius 3 is 3.05 bits per heavy atom. The minimum Gasteiger partial charge on any atom is -0.399 e. The smallest absolute Gasteiger partial charge is 0.252 e. The summed E-state index contributed by atoms with van der Waals surface area (Å²) in [5.74, 6) is -0.237. The van der Waals surface area contributed by atoms with Crippen LogP contribution in [0.3, 0.4) is 0 Å². The van der Waals surface area contributed by atoms with Gasteiger partial charge in [0.2, 0.25) is 0 Å². The first-order valence-corrected chi connectivity index (χ1v) is 7.25. The number of hydrogen-bond acceptors (Lipinski definition) is 6. The van der Waals surface area contributed by atoms with Crippen LogP contribution in [0, 0.1) is 0 Å². The Bertz CT molecular complexity index is 601. The molecule has 0 radical (unpaired) electrons. The lowest BCUT2D eigenvalue weighted by Crippen LogP contribution is -2.19. The molecule has 0 bridgehead atoms. The van der Waals surface area contributed by atoms with Crippen LogP contribution in [-0.2, 0) is 14.3 Å². The molecule has 1 amide bonds. The molecule has 1 heterocycles. The van der Waals surface area contributed by atoms with E-state index < -0.39 is 0 Å². The van der Waals surface area contributed by atoms with Gasteiger partial charge in [0, 0.05) is 23.7 Å². The van der Waals surface area contributed by atoms with E-state index in [9.17, 15) is 4.79 Å². The first-order chi connectivity index (χ1) is 10.2. The minimum atomic E-state index is -0.237. The van der Waals surface area contributed by atoms with Crippen LogP contribution in [0.25, 0.3) is 11.3 Å². The summed E-state index contributed by atoms with van der Waals surface area (Å²) in [5.41, 5.74) is 8.12. The van der Waals surface area contributed by atoms with Crippen LogP contribution in [0.4, 0.5) is 10.8 Å². The Hall–Kier alpha value is -1.96. The van der Waals surface area contributed by atoms with Gasteiger partial charge in [-0.1, -0.05) is 12.1 Å². The number of nitrogens with zero attached hydrogens (tertiary/aromatic N) is 1. The highest BCUT2D eigenvalue weighted by Gasteiger charge is 2.08. The molecule has 0 fully saturated rings. The highest BCUT2D eigenvalue weighted by atomic mass is 32.1. The summed E-state index contributed by atoms with van der Waals surface area (Å²) in [6.07, 6.45) is 0. The summed E-state index contributed by atoms with van der Waals surface area (Å²) in [5, 5.41) is 5.10. The molecule has 0 aliphatic heterocycles. The van der Waals surface area contributed by atoms with E-state index in [1.165, 1.54) is 11.3 Å². The van der Waals surface area contributed by atoms with Crippen LogP contribution in [0.1, 0.15) is 0 Å². The van der Waals surface area contributed by atoms with Crippen molar-refractivity contribution in [2.45, 2.75) is 0 Å². The maximum Gasteiger partial charge on any atom is 0.252 e. The Morgan fingerprint density at radius 1 is 1.43 bits per heavy atom. The summed E-state index contributed by atoms with van der Waals surface area (Å²) in [7, 11) is 1.58. The highest BCUT2D eigenvalue weighted by Crippen LogP contribution is 2.25. The van der Waals surface area contributed by atoms with E-state index >= 15 is 0 Å². The molecule has 3 N–H and O–H groups in total. The Morgan fingerprint density at radius 2 is 2.29 bits per heavy atom. The van der Waals surface area contributed by atoms with Gasteiger partial charge in [-0.25, -0.2) is 4.98 Å². The normalized spacial score (nSPS) is 10.5. The lowest BCUT2D eigenvalue weighted by atomic mass is 10.1. The third kappa shape index (κ3) is 4.82. The number of nitrogens with two attached hydrogens (primary N) is 1. The Balaban J connectivity index is 1.90. The second-order valence-corrected chi connectivity index (χ2v) is 5.12. The van der Waals surface area contributed by atoms with E-state index in [4.69, 9.17) is 15.2 Å². The number of ether oxygens (including phenoxy) is 2. The van der Waals surface area contributed by atoms with Gasteiger partial charge in [-0.2, -0.15) is 0 Å².